The Hall–Kier alpha value is -1.56. The minimum atomic E-state index is -0.506. The lowest BCUT2D eigenvalue weighted by Crippen LogP contribution is -2.38. The van der Waals surface area contributed by atoms with Gasteiger partial charge in [-0.1, -0.05) is 24.3 Å². The van der Waals surface area contributed by atoms with Gasteiger partial charge in [0.25, 0.3) is 0 Å². The van der Waals surface area contributed by atoms with E-state index in [9.17, 15) is 5.11 Å². The molecular formula is C18H18BrNO3. The van der Waals surface area contributed by atoms with Crippen LogP contribution in [0.25, 0.3) is 11.1 Å². The first-order chi connectivity index (χ1) is 10.8. The molecule has 0 spiro atoms. The lowest BCUT2D eigenvalue weighted by Gasteiger charge is -2.42. The Bertz CT molecular complexity index is 792. The standard InChI is InChI=1S/C18H17NO3.BrH/c1-19-7-6-10-8-13-18(22-9-21-13)15-11-4-2-3-5-12(11)17(20)16(19)14(10)15;/h2-5,8,16-17,20H,6-7,9H2,1H3;1H/t16-,17+;/m0./s1. The Morgan fingerprint density at radius 3 is 2.91 bits per heavy atom. The summed E-state index contributed by atoms with van der Waals surface area (Å²) in [6.07, 6.45) is 0.467. The molecule has 0 bridgehead atoms. The third kappa shape index (κ3) is 1.90. The SMILES string of the molecule is Br.CN1CCc2cc3c(c4c2[C@H]1[C@H](O)c1ccccc1-4)OCO3. The monoisotopic (exact) mass is 375 g/mol. The van der Waals surface area contributed by atoms with Crippen LogP contribution in [0.2, 0.25) is 0 Å². The molecule has 0 aromatic heterocycles. The van der Waals surface area contributed by atoms with Crippen LogP contribution >= 0.6 is 17.0 Å². The van der Waals surface area contributed by atoms with Gasteiger partial charge in [0.1, 0.15) is 0 Å². The molecule has 5 heteroatoms. The minimum absolute atomic E-state index is 0. The largest absolute Gasteiger partial charge is 0.454 e. The molecule has 3 aliphatic rings. The van der Waals surface area contributed by atoms with E-state index in [-0.39, 0.29) is 29.8 Å². The van der Waals surface area contributed by atoms with Crippen LogP contribution < -0.4 is 9.47 Å². The molecule has 2 aliphatic heterocycles. The third-order valence-electron chi connectivity index (χ3n) is 5.14. The van der Waals surface area contributed by atoms with E-state index in [4.69, 9.17) is 9.47 Å². The number of hydrogen-bond donors (Lipinski definition) is 1. The maximum Gasteiger partial charge on any atom is 0.231 e. The van der Waals surface area contributed by atoms with Gasteiger partial charge in [-0.25, -0.2) is 0 Å². The Morgan fingerprint density at radius 1 is 1.22 bits per heavy atom. The molecule has 2 heterocycles. The van der Waals surface area contributed by atoms with Crippen LogP contribution in [0, 0.1) is 0 Å². The van der Waals surface area contributed by atoms with Crippen molar-refractivity contribution in [1.82, 2.24) is 4.90 Å². The predicted molar refractivity (Wildman–Crippen MR) is 92.4 cm³/mol. The van der Waals surface area contributed by atoms with Crippen molar-refractivity contribution in [2.24, 2.45) is 0 Å². The zero-order chi connectivity index (χ0) is 14.8. The highest BCUT2D eigenvalue weighted by molar-refractivity contribution is 8.93. The molecule has 0 fully saturated rings. The Balaban J connectivity index is 0.00000135. The van der Waals surface area contributed by atoms with E-state index in [1.54, 1.807) is 0 Å². The maximum absolute atomic E-state index is 10.9. The number of hydrogen-bond acceptors (Lipinski definition) is 4. The van der Waals surface area contributed by atoms with Gasteiger partial charge in [-0.3, -0.25) is 4.90 Å². The number of aliphatic hydroxyl groups excluding tert-OH is 1. The first-order valence-corrected chi connectivity index (χ1v) is 7.68. The Morgan fingerprint density at radius 2 is 2.04 bits per heavy atom. The van der Waals surface area contributed by atoms with Crippen molar-refractivity contribution in [3.8, 4) is 22.6 Å². The van der Waals surface area contributed by atoms with Crippen molar-refractivity contribution in [2.75, 3.05) is 20.4 Å². The zero-order valence-electron chi connectivity index (χ0n) is 12.8. The van der Waals surface area contributed by atoms with Gasteiger partial charge in [0.05, 0.1) is 12.1 Å². The molecule has 2 atom stereocenters. The summed E-state index contributed by atoms with van der Waals surface area (Å²) in [6, 6.07) is 10.2. The van der Waals surface area contributed by atoms with Crippen LogP contribution in [0.3, 0.4) is 0 Å². The predicted octanol–water partition coefficient (Wildman–Crippen LogP) is 3.24. The van der Waals surface area contributed by atoms with Gasteiger partial charge < -0.3 is 14.6 Å². The van der Waals surface area contributed by atoms with E-state index >= 15 is 0 Å². The number of aliphatic hydroxyl groups is 1. The average Bonchev–Trinajstić information content (AvgIpc) is 3.00. The molecule has 2 aromatic rings. The molecule has 0 radical (unpaired) electrons. The van der Waals surface area contributed by atoms with Crippen LogP contribution in [0.15, 0.2) is 30.3 Å². The molecule has 0 amide bonds. The fraction of sp³-hybridized carbons (Fsp3) is 0.333. The molecule has 23 heavy (non-hydrogen) atoms. The maximum atomic E-state index is 10.9. The quantitative estimate of drug-likeness (QED) is 0.767. The second kappa shape index (κ2) is 5.23. The molecule has 4 nitrogen and oxygen atoms in total. The second-order valence-electron chi connectivity index (χ2n) is 6.27. The number of ether oxygens (including phenoxy) is 2. The Labute approximate surface area is 145 Å². The molecule has 1 aliphatic carbocycles. The van der Waals surface area contributed by atoms with Crippen LogP contribution in [-0.2, 0) is 6.42 Å². The lowest BCUT2D eigenvalue weighted by molar-refractivity contribution is 0.0543. The molecular weight excluding hydrogens is 358 g/mol. The third-order valence-corrected chi connectivity index (χ3v) is 5.14. The number of halogens is 1. The summed E-state index contributed by atoms with van der Waals surface area (Å²) in [7, 11) is 2.08. The van der Waals surface area contributed by atoms with E-state index < -0.39 is 6.10 Å². The summed E-state index contributed by atoms with van der Waals surface area (Å²) in [5.41, 5.74) is 5.64. The molecule has 0 saturated carbocycles. The van der Waals surface area contributed by atoms with E-state index in [2.05, 4.69) is 24.1 Å². The lowest BCUT2D eigenvalue weighted by atomic mass is 9.75. The zero-order valence-corrected chi connectivity index (χ0v) is 14.5. The Kier molecular flexibility index (Phi) is 3.41. The summed E-state index contributed by atoms with van der Waals surface area (Å²) >= 11 is 0. The molecule has 1 N–H and O–H groups in total. The van der Waals surface area contributed by atoms with Gasteiger partial charge in [0.2, 0.25) is 6.79 Å². The van der Waals surface area contributed by atoms with Crippen molar-refractivity contribution in [2.45, 2.75) is 18.6 Å². The van der Waals surface area contributed by atoms with E-state index in [0.29, 0.717) is 0 Å². The first-order valence-electron chi connectivity index (χ1n) is 7.68. The second-order valence-corrected chi connectivity index (χ2v) is 6.27. The fourth-order valence-corrected chi connectivity index (χ4v) is 4.13. The van der Waals surface area contributed by atoms with E-state index in [1.165, 1.54) is 11.1 Å². The summed E-state index contributed by atoms with van der Waals surface area (Å²) < 4.78 is 11.4. The highest BCUT2D eigenvalue weighted by atomic mass is 79.9. The van der Waals surface area contributed by atoms with Crippen molar-refractivity contribution in [1.29, 1.82) is 0 Å². The van der Waals surface area contributed by atoms with E-state index in [1.807, 2.05) is 18.2 Å². The van der Waals surface area contributed by atoms with Crippen molar-refractivity contribution in [3.05, 3.63) is 47.0 Å². The van der Waals surface area contributed by atoms with E-state index in [0.717, 1.165) is 41.2 Å². The minimum Gasteiger partial charge on any atom is -0.454 e. The van der Waals surface area contributed by atoms with Crippen LogP contribution in [0.5, 0.6) is 11.5 Å². The van der Waals surface area contributed by atoms with Crippen molar-refractivity contribution >= 4 is 17.0 Å². The smallest absolute Gasteiger partial charge is 0.231 e. The number of likely N-dealkylation sites (N-methyl/N-ethyl adjacent to an activating group) is 1. The van der Waals surface area contributed by atoms with Gasteiger partial charge in [0, 0.05) is 12.1 Å². The molecule has 2 aromatic carbocycles. The number of benzene rings is 2. The molecule has 5 rings (SSSR count). The van der Waals surface area contributed by atoms with Crippen molar-refractivity contribution in [3.63, 3.8) is 0 Å². The fourth-order valence-electron chi connectivity index (χ4n) is 4.13. The van der Waals surface area contributed by atoms with Crippen LogP contribution in [-0.4, -0.2) is 30.4 Å². The van der Waals surface area contributed by atoms with Crippen LogP contribution in [0.4, 0.5) is 0 Å². The summed E-state index contributed by atoms with van der Waals surface area (Å²) in [5, 5.41) is 10.9. The highest BCUT2D eigenvalue weighted by Crippen LogP contribution is 2.56. The van der Waals surface area contributed by atoms with Gasteiger partial charge in [-0.15, -0.1) is 17.0 Å². The van der Waals surface area contributed by atoms with Crippen molar-refractivity contribution < 1.29 is 14.6 Å². The van der Waals surface area contributed by atoms with Gasteiger partial charge in [0.15, 0.2) is 11.5 Å². The normalized spacial score (nSPS) is 23.7. The van der Waals surface area contributed by atoms with Crippen LogP contribution in [0.1, 0.15) is 28.8 Å². The first kappa shape index (κ1) is 15.0. The van der Waals surface area contributed by atoms with Gasteiger partial charge in [-0.05, 0) is 41.8 Å². The average molecular weight is 376 g/mol. The topological polar surface area (TPSA) is 41.9 Å². The molecule has 0 unspecified atom stereocenters. The highest BCUT2D eigenvalue weighted by Gasteiger charge is 2.42. The number of fused-ring (bicyclic) bond motifs is 4. The summed E-state index contributed by atoms with van der Waals surface area (Å²) in [6.45, 7) is 1.21. The van der Waals surface area contributed by atoms with Gasteiger partial charge >= 0.3 is 0 Å². The summed E-state index contributed by atoms with van der Waals surface area (Å²) in [4.78, 5) is 2.24. The number of nitrogens with zero attached hydrogens (tertiary/aromatic N) is 1. The van der Waals surface area contributed by atoms with Gasteiger partial charge in [-0.2, -0.15) is 0 Å². The molecule has 0 saturated heterocycles. The number of rotatable bonds is 0. The summed E-state index contributed by atoms with van der Waals surface area (Å²) in [5.74, 6) is 1.67. The molecule has 120 valence electrons.